The number of amides is 2. The largest absolute Gasteiger partial charge is 0.443 e. The first-order chi connectivity index (χ1) is 12.4. The van der Waals surface area contributed by atoms with Crippen LogP contribution in [0.3, 0.4) is 0 Å². The van der Waals surface area contributed by atoms with Gasteiger partial charge in [-0.05, 0) is 47.6 Å². The zero-order chi connectivity index (χ0) is 20.4. The minimum Gasteiger partial charge on any atom is -0.443 e. The van der Waals surface area contributed by atoms with Gasteiger partial charge in [0.25, 0.3) is 0 Å². The van der Waals surface area contributed by atoms with Gasteiger partial charge in [0.1, 0.15) is 23.2 Å². The summed E-state index contributed by atoms with van der Waals surface area (Å²) in [6.07, 6.45) is 1.24. The van der Waals surface area contributed by atoms with E-state index in [4.69, 9.17) is 9.47 Å². The first-order valence-corrected chi connectivity index (χ1v) is 8.44. The lowest BCUT2D eigenvalue weighted by molar-refractivity contribution is 0.0429. The number of aromatic nitrogens is 4. The number of aryl methyl sites for hydroxylation is 1. The Balaban J connectivity index is 2.43. The van der Waals surface area contributed by atoms with Crippen LogP contribution in [-0.4, -0.2) is 43.1 Å². The summed E-state index contributed by atoms with van der Waals surface area (Å²) in [4.78, 5) is 34.3. The quantitative estimate of drug-likeness (QED) is 0.791. The molecule has 0 radical (unpaired) electrons. The van der Waals surface area contributed by atoms with Crippen LogP contribution in [0.1, 0.15) is 41.5 Å². The highest BCUT2D eigenvalue weighted by Gasteiger charge is 2.33. The van der Waals surface area contributed by atoms with E-state index in [1.54, 1.807) is 65.5 Å². The van der Waals surface area contributed by atoms with E-state index in [2.05, 4.69) is 15.1 Å². The first-order valence-electron chi connectivity index (χ1n) is 8.44. The average Bonchev–Trinajstić information content (AvgIpc) is 2.90. The molecule has 0 fully saturated rings. The van der Waals surface area contributed by atoms with Gasteiger partial charge in [-0.25, -0.2) is 19.6 Å². The Hall–Kier alpha value is -2.97. The van der Waals surface area contributed by atoms with Crippen molar-refractivity contribution in [3.63, 3.8) is 0 Å². The Bertz CT molecular complexity index is 805. The van der Waals surface area contributed by atoms with Crippen molar-refractivity contribution in [2.24, 2.45) is 7.05 Å². The van der Waals surface area contributed by atoms with Crippen molar-refractivity contribution in [2.45, 2.75) is 52.7 Å². The molecule has 0 bridgehead atoms. The van der Waals surface area contributed by atoms with Crippen LogP contribution in [0.25, 0.3) is 11.4 Å². The fraction of sp³-hybridized carbons (Fsp3) is 0.500. The van der Waals surface area contributed by atoms with Gasteiger partial charge in [-0.3, -0.25) is 4.68 Å². The maximum atomic E-state index is 12.7. The summed E-state index contributed by atoms with van der Waals surface area (Å²) in [5, 5.41) is 4.27. The standard InChI is InChI=1S/C18H25N5O4/c1-17(2,3)26-15(24)23(16(25)27-18(4,5)6)14-10-13(19-11-20-14)12-8-9-22(7)21-12/h8-11H,1-7H3. The van der Waals surface area contributed by atoms with E-state index in [-0.39, 0.29) is 5.82 Å². The van der Waals surface area contributed by atoms with Crippen LogP contribution in [0.5, 0.6) is 0 Å². The molecule has 0 aliphatic carbocycles. The predicted octanol–water partition coefficient (Wildman–Crippen LogP) is 3.55. The molecule has 2 amide bonds. The Morgan fingerprint density at radius 3 is 1.96 bits per heavy atom. The lowest BCUT2D eigenvalue weighted by atomic mass is 10.2. The zero-order valence-corrected chi connectivity index (χ0v) is 16.7. The number of nitrogens with zero attached hydrogens (tertiary/aromatic N) is 5. The molecule has 0 saturated carbocycles. The van der Waals surface area contributed by atoms with Crippen LogP contribution in [-0.2, 0) is 16.5 Å². The van der Waals surface area contributed by atoms with E-state index in [1.165, 1.54) is 12.4 Å². The maximum absolute atomic E-state index is 12.7. The second kappa shape index (κ2) is 7.34. The summed E-state index contributed by atoms with van der Waals surface area (Å²) in [5.41, 5.74) is -0.560. The molecule has 0 saturated heterocycles. The summed E-state index contributed by atoms with van der Waals surface area (Å²) < 4.78 is 12.3. The SMILES string of the molecule is Cn1ccc(-c2cc(N(C(=O)OC(C)(C)C)C(=O)OC(C)(C)C)ncn2)n1. The number of imide groups is 1. The topological polar surface area (TPSA) is 99.4 Å². The molecule has 0 aliphatic rings. The van der Waals surface area contributed by atoms with Crippen molar-refractivity contribution in [3.8, 4) is 11.4 Å². The molecule has 27 heavy (non-hydrogen) atoms. The Labute approximate surface area is 158 Å². The minimum atomic E-state index is -0.887. The number of rotatable bonds is 2. The number of ether oxygens (including phenoxy) is 2. The monoisotopic (exact) mass is 375 g/mol. The van der Waals surface area contributed by atoms with Crippen molar-refractivity contribution < 1.29 is 19.1 Å². The normalized spacial score (nSPS) is 11.8. The zero-order valence-electron chi connectivity index (χ0n) is 16.7. The average molecular weight is 375 g/mol. The van der Waals surface area contributed by atoms with Crippen molar-refractivity contribution in [1.29, 1.82) is 0 Å². The van der Waals surface area contributed by atoms with Crippen molar-refractivity contribution >= 4 is 18.0 Å². The van der Waals surface area contributed by atoms with Crippen LogP contribution >= 0.6 is 0 Å². The van der Waals surface area contributed by atoms with Crippen molar-refractivity contribution in [2.75, 3.05) is 4.90 Å². The van der Waals surface area contributed by atoms with E-state index in [1.807, 2.05) is 0 Å². The molecule has 146 valence electrons. The number of anilines is 1. The van der Waals surface area contributed by atoms with Crippen LogP contribution in [0.15, 0.2) is 24.7 Å². The van der Waals surface area contributed by atoms with E-state index in [0.29, 0.717) is 11.4 Å². The third-order valence-electron chi connectivity index (χ3n) is 3.01. The molecular formula is C18H25N5O4. The predicted molar refractivity (Wildman–Crippen MR) is 99.2 cm³/mol. The number of carbonyl (C=O) groups is 2. The van der Waals surface area contributed by atoms with Gasteiger partial charge in [0.15, 0.2) is 5.82 Å². The molecule has 0 aliphatic heterocycles. The van der Waals surface area contributed by atoms with Gasteiger partial charge in [0.05, 0.1) is 5.69 Å². The van der Waals surface area contributed by atoms with Gasteiger partial charge in [-0.15, -0.1) is 0 Å². The highest BCUT2D eigenvalue weighted by Crippen LogP contribution is 2.23. The molecule has 9 nitrogen and oxygen atoms in total. The van der Waals surface area contributed by atoms with Gasteiger partial charge >= 0.3 is 12.2 Å². The fourth-order valence-corrected chi connectivity index (χ4v) is 2.04. The molecule has 0 atom stereocenters. The van der Waals surface area contributed by atoms with E-state index < -0.39 is 23.4 Å². The molecule has 0 aromatic carbocycles. The van der Waals surface area contributed by atoms with E-state index >= 15 is 0 Å². The molecule has 9 heteroatoms. The second-order valence-electron chi connectivity index (χ2n) is 7.93. The molecule has 2 aromatic rings. The third-order valence-corrected chi connectivity index (χ3v) is 3.01. The number of carbonyl (C=O) groups excluding carboxylic acids is 2. The summed E-state index contributed by atoms with van der Waals surface area (Å²) in [6, 6.07) is 3.24. The van der Waals surface area contributed by atoms with Crippen LogP contribution < -0.4 is 4.90 Å². The molecule has 0 unspecified atom stereocenters. The van der Waals surface area contributed by atoms with Crippen LogP contribution in [0.4, 0.5) is 15.4 Å². The smallest absolute Gasteiger partial charge is 0.425 e. The summed E-state index contributed by atoms with van der Waals surface area (Å²) in [5.74, 6) is 0.0363. The van der Waals surface area contributed by atoms with Crippen LogP contribution in [0.2, 0.25) is 0 Å². The minimum absolute atomic E-state index is 0.0363. The second-order valence-corrected chi connectivity index (χ2v) is 7.93. The van der Waals surface area contributed by atoms with Crippen molar-refractivity contribution in [1.82, 2.24) is 19.7 Å². The van der Waals surface area contributed by atoms with Gasteiger partial charge in [-0.2, -0.15) is 10.00 Å². The Kier molecular flexibility index (Phi) is 5.53. The van der Waals surface area contributed by atoms with Crippen LogP contribution in [0, 0.1) is 0 Å². The maximum Gasteiger partial charge on any atom is 0.425 e. The Morgan fingerprint density at radius 2 is 1.52 bits per heavy atom. The summed E-state index contributed by atoms with van der Waals surface area (Å²) in [6.45, 7) is 10.2. The lowest BCUT2D eigenvalue weighted by Crippen LogP contribution is -2.44. The van der Waals surface area contributed by atoms with Gasteiger partial charge in [-0.1, -0.05) is 0 Å². The molecule has 2 heterocycles. The van der Waals surface area contributed by atoms with Crippen molar-refractivity contribution in [3.05, 3.63) is 24.7 Å². The van der Waals surface area contributed by atoms with Gasteiger partial charge in [0, 0.05) is 19.3 Å². The molecule has 0 spiro atoms. The Morgan fingerprint density at radius 1 is 0.963 bits per heavy atom. The third kappa shape index (κ3) is 5.77. The summed E-state index contributed by atoms with van der Waals surface area (Å²) >= 11 is 0. The van der Waals surface area contributed by atoms with Gasteiger partial charge in [0.2, 0.25) is 0 Å². The lowest BCUT2D eigenvalue weighted by Gasteiger charge is -2.28. The van der Waals surface area contributed by atoms with E-state index in [9.17, 15) is 9.59 Å². The molecular weight excluding hydrogens is 350 g/mol. The fourth-order valence-electron chi connectivity index (χ4n) is 2.04. The first kappa shape index (κ1) is 20.3. The molecule has 2 rings (SSSR count). The summed E-state index contributed by atoms with van der Waals surface area (Å²) in [7, 11) is 1.78. The number of hydrogen-bond acceptors (Lipinski definition) is 7. The number of hydrogen-bond donors (Lipinski definition) is 0. The molecule has 2 aromatic heterocycles. The highest BCUT2D eigenvalue weighted by atomic mass is 16.6. The van der Waals surface area contributed by atoms with E-state index in [0.717, 1.165) is 4.90 Å². The molecule has 0 N–H and O–H groups in total. The van der Waals surface area contributed by atoms with Gasteiger partial charge < -0.3 is 9.47 Å². The highest BCUT2D eigenvalue weighted by molar-refractivity contribution is 6.08.